The van der Waals surface area contributed by atoms with Crippen molar-refractivity contribution in [3.8, 4) is 0 Å². The summed E-state index contributed by atoms with van der Waals surface area (Å²) in [5.74, 6) is -0.0484. The maximum Gasteiger partial charge on any atom is 0.305 e. The number of allylic oxidation sites excluding steroid dienone is 9. The fourth-order valence-corrected chi connectivity index (χ4v) is 12.9. The molecule has 0 spiro atoms. The summed E-state index contributed by atoms with van der Waals surface area (Å²) in [5, 5.41) is 23.3. The summed E-state index contributed by atoms with van der Waals surface area (Å²) in [6.07, 6.45) is 109. The molecule has 0 rings (SSSR count). The summed E-state index contributed by atoms with van der Waals surface area (Å²) in [4.78, 5) is 24.7. The van der Waals surface area contributed by atoms with Crippen LogP contribution in [0.25, 0.3) is 0 Å². The molecule has 1 amide bonds. The van der Waals surface area contributed by atoms with E-state index >= 15 is 0 Å². The van der Waals surface area contributed by atoms with Gasteiger partial charge in [-0.3, -0.25) is 9.59 Å². The van der Waals surface area contributed by atoms with Crippen LogP contribution in [0.15, 0.2) is 60.8 Å². The molecule has 0 aromatic heterocycles. The second-order valence-corrected chi connectivity index (χ2v) is 28.4. The van der Waals surface area contributed by atoms with Crippen LogP contribution in [0, 0.1) is 0 Å². The fourth-order valence-electron chi connectivity index (χ4n) is 12.9. The van der Waals surface area contributed by atoms with Crippen LogP contribution in [0.4, 0.5) is 0 Å². The molecule has 0 aromatic rings. The zero-order valence-corrected chi connectivity index (χ0v) is 62.0. The van der Waals surface area contributed by atoms with Gasteiger partial charge in [0.1, 0.15) is 0 Å². The molecule has 0 saturated carbocycles. The lowest BCUT2D eigenvalue weighted by Gasteiger charge is -2.20. The Kier molecular flexibility index (Phi) is 78.8. The minimum absolute atomic E-state index is 0.0132. The third kappa shape index (κ3) is 76.6. The molecule has 0 fully saturated rings. The van der Waals surface area contributed by atoms with Gasteiger partial charge in [-0.05, 0) is 96.3 Å². The molecule has 3 N–H and O–H groups in total. The molecule has 2 unspecified atom stereocenters. The molecule has 0 heterocycles. The van der Waals surface area contributed by atoms with Crippen LogP contribution in [-0.2, 0) is 14.3 Å². The number of carbonyl (C=O) groups is 2. The van der Waals surface area contributed by atoms with Crippen molar-refractivity contribution in [3.05, 3.63) is 60.8 Å². The molecule has 0 aliphatic rings. The number of carbonyl (C=O) groups excluding carboxylic acids is 2. The summed E-state index contributed by atoms with van der Waals surface area (Å²) in [6.45, 7) is 4.92. The van der Waals surface area contributed by atoms with Crippen molar-refractivity contribution in [2.75, 3.05) is 13.2 Å². The highest BCUT2D eigenvalue weighted by atomic mass is 16.5. The van der Waals surface area contributed by atoms with Gasteiger partial charge in [0, 0.05) is 12.8 Å². The van der Waals surface area contributed by atoms with E-state index in [9.17, 15) is 19.8 Å². The second kappa shape index (κ2) is 81.0. The molecule has 0 aliphatic heterocycles. The van der Waals surface area contributed by atoms with Gasteiger partial charge >= 0.3 is 5.97 Å². The molecule has 540 valence electrons. The number of aliphatic hydroxyl groups excluding tert-OH is 2. The Balaban J connectivity index is 3.39. The van der Waals surface area contributed by atoms with E-state index in [4.69, 9.17) is 4.74 Å². The van der Waals surface area contributed by atoms with Crippen molar-refractivity contribution in [2.24, 2.45) is 0 Å². The van der Waals surface area contributed by atoms with Gasteiger partial charge in [-0.1, -0.05) is 402 Å². The molecule has 0 aromatic carbocycles. The highest BCUT2D eigenvalue weighted by molar-refractivity contribution is 5.76. The lowest BCUT2D eigenvalue weighted by atomic mass is 10.0. The number of esters is 1. The third-order valence-corrected chi connectivity index (χ3v) is 19.3. The number of nitrogens with one attached hydrogen (secondary N) is 1. The molecule has 6 heteroatoms. The lowest BCUT2D eigenvalue weighted by Crippen LogP contribution is -2.45. The zero-order chi connectivity index (χ0) is 66.3. The number of rotatable bonds is 78. The van der Waals surface area contributed by atoms with E-state index in [0.29, 0.717) is 19.4 Å². The van der Waals surface area contributed by atoms with E-state index < -0.39 is 12.1 Å². The van der Waals surface area contributed by atoms with E-state index in [0.717, 1.165) is 57.8 Å². The monoisotopic (exact) mass is 1290 g/mol. The number of hydrogen-bond donors (Lipinski definition) is 3. The van der Waals surface area contributed by atoms with Crippen LogP contribution >= 0.6 is 0 Å². The van der Waals surface area contributed by atoms with Gasteiger partial charge in [-0.25, -0.2) is 0 Å². The first-order chi connectivity index (χ1) is 45.5. The van der Waals surface area contributed by atoms with Crippen molar-refractivity contribution >= 4 is 11.9 Å². The van der Waals surface area contributed by atoms with Gasteiger partial charge < -0.3 is 20.3 Å². The molecule has 92 heavy (non-hydrogen) atoms. The van der Waals surface area contributed by atoms with Gasteiger partial charge in [0.2, 0.25) is 5.91 Å². The van der Waals surface area contributed by atoms with E-state index in [1.54, 1.807) is 6.08 Å². The average Bonchev–Trinajstić information content (AvgIpc) is 3.75. The molecule has 2 atom stereocenters. The van der Waals surface area contributed by atoms with Gasteiger partial charge in [0.05, 0.1) is 25.4 Å². The standard InChI is InChI=1S/C86H161NO5/c1-3-5-7-9-11-13-15-17-19-21-23-39-43-46-50-54-58-62-66-70-74-78-84(89)83(82-88)87-85(90)79-75-71-67-63-59-55-51-47-44-40-37-35-33-31-29-27-25-24-26-28-30-32-34-36-38-41-45-49-53-57-61-65-69-73-77-81-92-86(91)80-76-72-68-64-60-56-52-48-42-22-20-18-16-14-12-10-8-6-4-2/h12,14,18,20,26,28,32,34,74,78,83-84,88-89H,3-11,13,15-17,19,21-25,27,29-31,33,35-73,75-77,79-82H2,1-2H3,(H,87,90)/b14-12-,20-18-,28-26-,34-32-,78-74+. The average molecular weight is 1290 g/mol. The molecular formula is C86H161NO5. The maximum absolute atomic E-state index is 12.5. The van der Waals surface area contributed by atoms with Crippen LogP contribution in [0.5, 0.6) is 0 Å². The summed E-state index contributed by atoms with van der Waals surface area (Å²) in [5.41, 5.74) is 0. The molecule has 0 radical (unpaired) electrons. The normalized spacial score (nSPS) is 12.8. The summed E-state index contributed by atoms with van der Waals surface area (Å²) >= 11 is 0. The first kappa shape index (κ1) is 89.6. The Morgan fingerprint density at radius 1 is 0.304 bits per heavy atom. The second-order valence-electron chi connectivity index (χ2n) is 28.4. The first-order valence-corrected chi connectivity index (χ1v) is 41.6. The number of hydrogen-bond acceptors (Lipinski definition) is 5. The first-order valence-electron chi connectivity index (χ1n) is 41.6. The van der Waals surface area contributed by atoms with Gasteiger partial charge in [-0.2, -0.15) is 0 Å². The smallest absolute Gasteiger partial charge is 0.305 e. The van der Waals surface area contributed by atoms with Gasteiger partial charge in [0.15, 0.2) is 0 Å². The Labute approximate surface area is 575 Å². The van der Waals surface area contributed by atoms with Crippen molar-refractivity contribution in [2.45, 2.75) is 463 Å². The van der Waals surface area contributed by atoms with Crippen LogP contribution < -0.4 is 5.32 Å². The Morgan fingerprint density at radius 3 is 0.848 bits per heavy atom. The predicted octanol–water partition coefficient (Wildman–Crippen LogP) is 27.7. The lowest BCUT2D eigenvalue weighted by molar-refractivity contribution is -0.143. The summed E-state index contributed by atoms with van der Waals surface area (Å²) in [7, 11) is 0. The van der Waals surface area contributed by atoms with Crippen LogP contribution in [0.1, 0.15) is 450 Å². The van der Waals surface area contributed by atoms with Crippen molar-refractivity contribution < 1.29 is 24.5 Å². The fraction of sp³-hybridized carbons (Fsp3) is 0.860. The highest BCUT2D eigenvalue weighted by Crippen LogP contribution is 2.19. The third-order valence-electron chi connectivity index (χ3n) is 19.3. The van der Waals surface area contributed by atoms with E-state index in [1.165, 1.54) is 366 Å². The molecule has 0 aliphatic carbocycles. The Morgan fingerprint density at radius 2 is 0.543 bits per heavy atom. The molecule has 0 bridgehead atoms. The number of aliphatic hydroxyl groups is 2. The number of amides is 1. The number of unbranched alkanes of at least 4 members (excludes halogenated alkanes) is 59. The SMILES string of the molecule is CCCCC/C=C\C/C=C\CCCCCCCCCCCC(=O)OCCCCCCCCCCCCC/C=C\C/C=C\CCCCCCCCCCCCCCCCCCCC(=O)NC(CO)C(O)/C=C/CCCCCCCCCCCCCCCCCCCCC. The van der Waals surface area contributed by atoms with Crippen LogP contribution in [0.2, 0.25) is 0 Å². The molecule has 6 nitrogen and oxygen atoms in total. The Bertz CT molecular complexity index is 1580. The quantitative estimate of drug-likeness (QED) is 0.0320. The van der Waals surface area contributed by atoms with E-state index in [1.807, 2.05) is 6.08 Å². The predicted molar refractivity (Wildman–Crippen MR) is 407 cm³/mol. The highest BCUT2D eigenvalue weighted by Gasteiger charge is 2.18. The molecule has 0 saturated heterocycles. The van der Waals surface area contributed by atoms with Crippen molar-refractivity contribution in [1.82, 2.24) is 5.32 Å². The molecular weight excluding hydrogens is 1130 g/mol. The van der Waals surface area contributed by atoms with Gasteiger partial charge in [0.25, 0.3) is 0 Å². The van der Waals surface area contributed by atoms with Crippen molar-refractivity contribution in [1.29, 1.82) is 0 Å². The topological polar surface area (TPSA) is 95.9 Å². The Hall–Kier alpha value is -2.44. The minimum Gasteiger partial charge on any atom is -0.466 e. The zero-order valence-electron chi connectivity index (χ0n) is 62.0. The maximum atomic E-state index is 12.5. The van der Waals surface area contributed by atoms with Crippen LogP contribution in [0.3, 0.4) is 0 Å². The minimum atomic E-state index is -0.845. The number of ether oxygens (including phenoxy) is 1. The van der Waals surface area contributed by atoms with Crippen LogP contribution in [-0.4, -0.2) is 47.4 Å². The van der Waals surface area contributed by atoms with E-state index in [2.05, 4.69) is 67.8 Å². The van der Waals surface area contributed by atoms with Gasteiger partial charge in [-0.15, -0.1) is 0 Å². The summed E-state index contributed by atoms with van der Waals surface area (Å²) < 4.78 is 5.51. The van der Waals surface area contributed by atoms with Crippen molar-refractivity contribution in [3.63, 3.8) is 0 Å². The van der Waals surface area contributed by atoms with E-state index in [-0.39, 0.29) is 18.5 Å². The summed E-state index contributed by atoms with van der Waals surface area (Å²) in [6, 6.07) is -0.628. The largest absolute Gasteiger partial charge is 0.466 e.